The van der Waals surface area contributed by atoms with E-state index in [0.717, 1.165) is 18.4 Å². The molecule has 6 nitrogen and oxygen atoms in total. The van der Waals surface area contributed by atoms with Gasteiger partial charge in [0.05, 0.1) is 12.0 Å². The van der Waals surface area contributed by atoms with Gasteiger partial charge >= 0.3 is 6.61 Å². The maximum Gasteiger partial charge on any atom is 0.387 e. The number of para-hydroxylation sites is 1. The topological polar surface area (TPSA) is 71.5 Å². The zero-order chi connectivity index (χ0) is 20.6. The molecule has 1 aromatic carbocycles. The zero-order valence-electron chi connectivity index (χ0n) is 15.9. The normalized spacial score (nSPS) is 16.5. The van der Waals surface area contributed by atoms with Crippen molar-refractivity contribution in [2.45, 2.75) is 25.9 Å². The van der Waals surface area contributed by atoms with Crippen molar-refractivity contribution >= 4 is 11.8 Å². The van der Waals surface area contributed by atoms with Crippen LogP contribution in [0, 0.1) is 5.92 Å². The highest BCUT2D eigenvalue weighted by Crippen LogP contribution is 2.21. The Morgan fingerprint density at radius 1 is 1.21 bits per heavy atom. The van der Waals surface area contributed by atoms with Gasteiger partial charge in [0, 0.05) is 32.0 Å². The minimum atomic E-state index is -3.00. The number of hydrogen-bond donors (Lipinski definition) is 1. The Kier molecular flexibility index (Phi) is 7.10. The number of nitrogens with zero attached hydrogens (tertiary/aromatic N) is 2. The van der Waals surface area contributed by atoms with Gasteiger partial charge in [-0.2, -0.15) is 8.78 Å². The summed E-state index contributed by atoms with van der Waals surface area (Å²) in [6, 6.07) is 9.53. The summed E-state index contributed by atoms with van der Waals surface area (Å²) < 4.78 is 29.5. The predicted octanol–water partition coefficient (Wildman–Crippen LogP) is 2.89. The predicted molar refractivity (Wildman–Crippen MR) is 103 cm³/mol. The van der Waals surface area contributed by atoms with E-state index in [1.165, 1.54) is 18.2 Å². The van der Waals surface area contributed by atoms with Crippen LogP contribution in [0.5, 0.6) is 5.75 Å². The van der Waals surface area contributed by atoms with Crippen molar-refractivity contribution in [2.75, 3.05) is 19.6 Å². The fourth-order valence-electron chi connectivity index (χ4n) is 3.43. The average molecular weight is 403 g/mol. The Bertz CT molecular complexity index is 833. The van der Waals surface area contributed by atoms with E-state index in [9.17, 15) is 18.4 Å². The summed E-state index contributed by atoms with van der Waals surface area (Å²) in [6.07, 6.45) is 5.38. The van der Waals surface area contributed by atoms with Crippen LogP contribution in [-0.4, -0.2) is 47.9 Å². The number of carbonyl (C=O) groups is 2. The van der Waals surface area contributed by atoms with Crippen molar-refractivity contribution in [1.82, 2.24) is 15.2 Å². The maximum atomic E-state index is 12.6. The lowest BCUT2D eigenvalue weighted by Crippen LogP contribution is -2.44. The second-order valence-electron chi connectivity index (χ2n) is 6.96. The summed E-state index contributed by atoms with van der Waals surface area (Å²) in [5.74, 6) is -0.473. The van der Waals surface area contributed by atoms with Crippen LogP contribution in [-0.2, 0) is 11.2 Å². The summed E-state index contributed by atoms with van der Waals surface area (Å²) >= 11 is 0. The van der Waals surface area contributed by atoms with E-state index in [1.54, 1.807) is 18.5 Å². The average Bonchev–Trinajstić information content (AvgIpc) is 2.73. The molecule has 0 bridgehead atoms. The van der Waals surface area contributed by atoms with Gasteiger partial charge in [-0.05, 0) is 48.6 Å². The fourth-order valence-corrected chi connectivity index (χ4v) is 3.43. The standard InChI is InChI=1S/C21H23F2N3O3/c22-21(23)29-18-6-2-1-5-17(18)20(28)25-13-16-4-3-11-26(14-16)19(27)12-15-7-9-24-10-8-15/h1-2,5-10,16,21H,3-4,11-14H2,(H,25,28). The molecule has 1 aliphatic rings. The molecule has 2 heterocycles. The molecule has 1 saturated heterocycles. The van der Waals surface area contributed by atoms with Crippen molar-refractivity contribution in [3.8, 4) is 5.75 Å². The molecule has 1 N–H and O–H groups in total. The fraction of sp³-hybridized carbons (Fsp3) is 0.381. The van der Waals surface area contributed by atoms with Gasteiger partial charge in [0.25, 0.3) is 5.91 Å². The second kappa shape index (κ2) is 9.95. The molecular formula is C21H23F2N3O3. The number of likely N-dealkylation sites (tertiary alicyclic amines) is 1. The molecule has 1 aliphatic heterocycles. The van der Waals surface area contributed by atoms with Crippen LogP contribution in [0.1, 0.15) is 28.8 Å². The van der Waals surface area contributed by atoms with Crippen molar-refractivity contribution in [2.24, 2.45) is 5.92 Å². The first-order valence-corrected chi connectivity index (χ1v) is 9.51. The third-order valence-electron chi connectivity index (χ3n) is 4.88. The molecule has 1 aromatic heterocycles. The van der Waals surface area contributed by atoms with Gasteiger partial charge in [-0.1, -0.05) is 12.1 Å². The Balaban J connectivity index is 1.53. The van der Waals surface area contributed by atoms with Crippen molar-refractivity contribution in [3.63, 3.8) is 0 Å². The molecule has 0 radical (unpaired) electrons. The molecule has 3 rings (SSSR count). The van der Waals surface area contributed by atoms with Crippen molar-refractivity contribution in [1.29, 1.82) is 0 Å². The minimum absolute atomic E-state index is 0.0444. The first-order valence-electron chi connectivity index (χ1n) is 9.51. The third kappa shape index (κ3) is 5.97. The van der Waals surface area contributed by atoms with Crippen LogP contribution < -0.4 is 10.1 Å². The van der Waals surface area contributed by atoms with E-state index < -0.39 is 12.5 Å². The molecule has 0 saturated carbocycles. The molecule has 1 fully saturated rings. The van der Waals surface area contributed by atoms with E-state index >= 15 is 0 Å². The number of halogens is 2. The highest BCUT2D eigenvalue weighted by Gasteiger charge is 2.24. The van der Waals surface area contributed by atoms with Crippen molar-refractivity contribution in [3.05, 3.63) is 59.9 Å². The summed E-state index contributed by atoms with van der Waals surface area (Å²) in [5, 5.41) is 2.78. The number of aromatic nitrogens is 1. The molecule has 154 valence electrons. The van der Waals surface area contributed by atoms with E-state index in [1.807, 2.05) is 17.0 Å². The first-order chi connectivity index (χ1) is 14.0. The molecule has 2 amide bonds. The largest absolute Gasteiger partial charge is 0.434 e. The van der Waals surface area contributed by atoms with E-state index in [-0.39, 0.29) is 23.1 Å². The summed E-state index contributed by atoms with van der Waals surface area (Å²) in [4.78, 5) is 30.7. The Hall–Kier alpha value is -3.03. The molecular weight excluding hydrogens is 380 g/mol. The number of ether oxygens (including phenoxy) is 1. The SMILES string of the molecule is O=C(NCC1CCCN(C(=O)Cc2ccncc2)C1)c1ccccc1OC(F)F. The second-order valence-corrected chi connectivity index (χ2v) is 6.96. The van der Waals surface area contributed by atoms with Gasteiger partial charge < -0.3 is 15.0 Å². The van der Waals surface area contributed by atoms with Crippen LogP contribution in [0.25, 0.3) is 0 Å². The van der Waals surface area contributed by atoms with Gasteiger partial charge in [-0.3, -0.25) is 14.6 Å². The quantitative estimate of drug-likeness (QED) is 0.772. The number of hydrogen-bond acceptors (Lipinski definition) is 4. The summed E-state index contributed by atoms with van der Waals surface area (Å²) in [6.45, 7) is -1.39. The van der Waals surface area contributed by atoms with Gasteiger partial charge in [0.15, 0.2) is 0 Å². The number of amides is 2. The lowest BCUT2D eigenvalue weighted by atomic mass is 9.97. The summed E-state index contributed by atoms with van der Waals surface area (Å²) in [7, 11) is 0. The van der Waals surface area contributed by atoms with E-state index in [4.69, 9.17) is 0 Å². The molecule has 0 aliphatic carbocycles. The van der Waals surface area contributed by atoms with Crippen molar-refractivity contribution < 1.29 is 23.1 Å². The minimum Gasteiger partial charge on any atom is -0.434 e. The number of benzene rings is 1. The van der Waals surface area contributed by atoms with Gasteiger partial charge in [-0.15, -0.1) is 0 Å². The molecule has 2 aromatic rings. The van der Waals surface area contributed by atoms with Crippen LogP contribution in [0.3, 0.4) is 0 Å². The third-order valence-corrected chi connectivity index (χ3v) is 4.88. The number of piperidine rings is 1. The first kappa shape index (κ1) is 20.7. The number of nitrogens with one attached hydrogen (secondary N) is 1. The van der Waals surface area contributed by atoms with Crippen LogP contribution in [0.2, 0.25) is 0 Å². The smallest absolute Gasteiger partial charge is 0.387 e. The Labute approximate surface area is 167 Å². The van der Waals surface area contributed by atoms with Crippen LogP contribution >= 0.6 is 0 Å². The molecule has 0 spiro atoms. The molecule has 8 heteroatoms. The monoisotopic (exact) mass is 403 g/mol. The lowest BCUT2D eigenvalue weighted by molar-refractivity contribution is -0.132. The number of rotatable bonds is 7. The lowest BCUT2D eigenvalue weighted by Gasteiger charge is -2.33. The highest BCUT2D eigenvalue weighted by atomic mass is 19.3. The van der Waals surface area contributed by atoms with E-state index in [2.05, 4.69) is 15.0 Å². The van der Waals surface area contributed by atoms with Gasteiger partial charge in [0.1, 0.15) is 5.75 Å². The van der Waals surface area contributed by atoms with Crippen LogP contribution in [0.15, 0.2) is 48.8 Å². The molecule has 1 unspecified atom stereocenters. The van der Waals surface area contributed by atoms with Gasteiger partial charge in [-0.25, -0.2) is 0 Å². The molecule has 29 heavy (non-hydrogen) atoms. The summed E-state index contributed by atoms with van der Waals surface area (Å²) in [5.41, 5.74) is 0.977. The van der Waals surface area contributed by atoms with E-state index in [0.29, 0.717) is 26.1 Å². The van der Waals surface area contributed by atoms with Gasteiger partial charge in [0.2, 0.25) is 5.91 Å². The zero-order valence-corrected chi connectivity index (χ0v) is 15.9. The highest BCUT2D eigenvalue weighted by molar-refractivity contribution is 5.96. The number of pyridine rings is 1. The number of carbonyl (C=O) groups excluding carboxylic acids is 2. The number of alkyl halides is 2. The molecule has 1 atom stereocenters. The Morgan fingerprint density at radius 3 is 2.72 bits per heavy atom. The van der Waals surface area contributed by atoms with Crippen LogP contribution in [0.4, 0.5) is 8.78 Å². The maximum absolute atomic E-state index is 12.6. The Morgan fingerprint density at radius 2 is 1.97 bits per heavy atom.